The van der Waals surface area contributed by atoms with E-state index in [0.29, 0.717) is 30.3 Å². The van der Waals surface area contributed by atoms with Crippen LogP contribution in [0.1, 0.15) is 48.8 Å². The third-order valence-electron chi connectivity index (χ3n) is 5.89. The first kappa shape index (κ1) is 22.9. The first-order valence-corrected chi connectivity index (χ1v) is 10.8. The summed E-state index contributed by atoms with van der Waals surface area (Å²) in [6.07, 6.45) is 3.67. The number of ether oxygens (including phenoxy) is 3. The molecule has 0 aliphatic carbocycles. The molecule has 0 saturated carbocycles. The normalized spacial score (nSPS) is 15.0. The highest BCUT2D eigenvalue weighted by molar-refractivity contribution is 5.91. The lowest BCUT2D eigenvalue weighted by atomic mass is 10.0. The summed E-state index contributed by atoms with van der Waals surface area (Å²) in [4.78, 5) is 16.6. The fourth-order valence-corrected chi connectivity index (χ4v) is 4.02. The second-order valence-corrected chi connectivity index (χ2v) is 7.59. The van der Waals surface area contributed by atoms with Crippen LogP contribution in [-0.4, -0.2) is 78.2 Å². The van der Waals surface area contributed by atoms with Crippen LogP contribution in [0.15, 0.2) is 18.3 Å². The number of methoxy groups -OCH3 is 3. The Morgan fingerprint density at radius 3 is 2.23 bits per heavy atom. The number of likely N-dealkylation sites (tertiary alicyclic amines) is 1. The summed E-state index contributed by atoms with van der Waals surface area (Å²) >= 11 is 0. The van der Waals surface area contributed by atoms with E-state index < -0.39 is 0 Å². The van der Waals surface area contributed by atoms with Crippen LogP contribution in [0.5, 0.6) is 17.2 Å². The highest BCUT2D eigenvalue weighted by atomic mass is 16.5. The van der Waals surface area contributed by atoms with Gasteiger partial charge in [0, 0.05) is 44.4 Å². The van der Waals surface area contributed by atoms with Gasteiger partial charge in [-0.15, -0.1) is 5.10 Å². The van der Waals surface area contributed by atoms with Crippen molar-refractivity contribution in [3.63, 3.8) is 0 Å². The zero-order chi connectivity index (χ0) is 22.4. The monoisotopic (exact) mass is 431 g/mol. The van der Waals surface area contributed by atoms with E-state index in [1.165, 1.54) is 0 Å². The minimum absolute atomic E-state index is 0.0609. The smallest absolute Gasteiger partial charge is 0.276 e. The summed E-state index contributed by atoms with van der Waals surface area (Å²) in [5, 5.41) is 8.36. The van der Waals surface area contributed by atoms with Crippen LogP contribution in [0.3, 0.4) is 0 Å². The van der Waals surface area contributed by atoms with Gasteiger partial charge >= 0.3 is 0 Å². The number of carbonyl (C=O) groups is 1. The van der Waals surface area contributed by atoms with Crippen LogP contribution in [0.2, 0.25) is 0 Å². The maximum Gasteiger partial charge on any atom is 0.276 e. The van der Waals surface area contributed by atoms with E-state index in [1.807, 2.05) is 30.7 Å². The molecule has 1 aliphatic heterocycles. The van der Waals surface area contributed by atoms with Crippen molar-refractivity contribution < 1.29 is 19.0 Å². The Bertz CT molecular complexity index is 873. The van der Waals surface area contributed by atoms with Crippen LogP contribution >= 0.6 is 0 Å². The Labute approximate surface area is 183 Å². The van der Waals surface area contributed by atoms with E-state index >= 15 is 0 Å². The molecule has 9 nitrogen and oxygen atoms in total. The zero-order valence-corrected chi connectivity index (χ0v) is 19.1. The van der Waals surface area contributed by atoms with Crippen LogP contribution in [0.25, 0.3) is 0 Å². The Hall–Kier alpha value is -2.81. The number of benzene rings is 1. The Morgan fingerprint density at radius 1 is 1.03 bits per heavy atom. The molecular weight excluding hydrogens is 398 g/mol. The molecule has 2 aromatic rings. The highest BCUT2D eigenvalue weighted by Gasteiger charge is 2.25. The lowest BCUT2D eigenvalue weighted by Gasteiger charge is -2.32. The molecule has 1 aromatic heterocycles. The van der Waals surface area contributed by atoms with Gasteiger partial charge < -0.3 is 19.1 Å². The molecule has 0 atom stereocenters. The van der Waals surface area contributed by atoms with Crippen LogP contribution in [-0.2, 0) is 6.54 Å². The van der Waals surface area contributed by atoms with E-state index in [2.05, 4.69) is 15.2 Å². The summed E-state index contributed by atoms with van der Waals surface area (Å²) in [5.41, 5.74) is 1.48. The molecule has 1 aromatic carbocycles. The van der Waals surface area contributed by atoms with Gasteiger partial charge in [0.05, 0.1) is 33.6 Å². The fraction of sp³-hybridized carbons (Fsp3) is 0.591. The Kier molecular flexibility index (Phi) is 7.73. The lowest BCUT2D eigenvalue weighted by Crippen LogP contribution is -2.34. The molecular formula is C22H33N5O4. The van der Waals surface area contributed by atoms with E-state index in [9.17, 15) is 4.79 Å². The highest BCUT2D eigenvalue weighted by Crippen LogP contribution is 2.35. The van der Waals surface area contributed by atoms with Crippen LogP contribution < -0.4 is 14.2 Å². The number of nitrogens with zero attached hydrogens (tertiary/aromatic N) is 5. The van der Waals surface area contributed by atoms with E-state index in [-0.39, 0.29) is 11.9 Å². The van der Waals surface area contributed by atoms with Gasteiger partial charge in [0.1, 0.15) is 5.75 Å². The quantitative estimate of drug-likeness (QED) is 0.604. The molecule has 1 amide bonds. The number of hydrogen-bond acceptors (Lipinski definition) is 7. The van der Waals surface area contributed by atoms with Crippen molar-refractivity contribution in [2.75, 3.05) is 47.5 Å². The largest absolute Gasteiger partial charge is 0.496 e. The van der Waals surface area contributed by atoms with Gasteiger partial charge in [0.15, 0.2) is 17.2 Å². The van der Waals surface area contributed by atoms with Crippen molar-refractivity contribution in [3.8, 4) is 17.2 Å². The van der Waals surface area contributed by atoms with E-state index in [1.54, 1.807) is 32.4 Å². The number of piperidine rings is 1. The summed E-state index contributed by atoms with van der Waals surface area (Å²) < 4.78 is 18.2. The number of hydrogen-bond donors (Lipinski definition) is 0. The molecule has 9 heteroatoms. The molecule has 31 heavy (non-hydrogen) atoms. The van der Waals surface area contributed by atoms with Gasteiger partial charge in [-0.3, -0.25) is 9.69 Å². The zero-order valence-electron chi connectivity index (χ0n) is 19.1. The van der Waals surface area contributed by atoms with E-state index in [4.69, 9.17) is 14.2 Å². The van der Waals surface area contributed by atoms with Gasteiger partial charge in [-0.05, 0) is 32.8 Å². The van der Waals surface area contributed by atoms with Gasteiger partial charge in [0.25, 0.3) is 5.91 Å². The molecule has 0 unspecified atom stereocenters. The Balaban J connectivity index is 1.62. The number of aromatic nitrogens is 3. The van der Waals surface area contributed by atoms with Crippen LogP contribution in [0, 0.1) is 0 Å². The summed E-state index contributed by atoms with van der Waals surface area (Å²) in [6.45, 7) is 7.87. The fourth-order valence-electron chi connectivity index (χ4n) is 4.02. The third-order valence-corrected chi connectivity index (χ3v) is 5.89. The standard InChI is InChI=1S/C22H33N5O4/c1-6-26(7-2)22(28)18-15-27(24-23-18)17-8-10-25(11-9-17)14-16-12-20(30-4)21(31-5)13-19(16)29-3/h12-13,15,17H,6-11,14H2,1-5H3. The second-order valence-electron chi connectivity index (χ2n) is 7.59. The topological polar surface area (TPSA) is 82.0 Å². The summed E-state index contributed by atoms with van der Waals surface area (Å²) in [5.74, 6) is 2.08. The molecule has 0 N–H and O–H groups in total. The molecule has 0 radical (unpaired) electrons. The average molecular weight is 432 g/mol. The minimum atomic E-state index is -0.0609. The SMILES string of the molecule is CCN(CC)C(=O)c1cn(C2CCN(Cc3cc(OC)c(OC)cc3OC)CC2)nn1. The average Bonchev–Trinajstić information content (AvgIpc) is 3.30. The molecule has 0 bridgehead atoms. The first-order chi connectivity index (χ1) is 15.0. The van der Waals surface area contributed by atoms with Gasteiger partial charge in [-0.25, -0.2) is 4.68 Å². The number of rotatable bonds is 9. The molecule has 1 saturated heterocycles. The maximum absolute atomic E-state index is 12.5. The molecule has 3 rings (SSSR count). The van der Waals surface area contributed by atoms with Crippen LogP contribution in [0.4, 0.5) is 0 Å². The van der Waals surface area contributed by atoms with Crippen molar-refractivity contribution in [2.45, 2.75) is 39.3 Å². The molecule has 170 valence electrons. The number of amides is 1. The van der Waals surface area contributed by atoms with Crippen molar-refractivity contribution >= 4 is 5.91 Å². The predicted molar refractivity (Wildman–Crippen MR) is 117 cm³/mol. The second kappa shape index (κ2) is 10.5. The van der Waals surface area contributed by atoms with E-state index in [0.717, 1.165) is 43.8 Å². The maximum atomic E-state index is 12.5. The molecule has 2 heterocycles. The molecule has 1 aliphatic rings. The lowest BCUT2D eigenvalue weighted by molar-refractivity contribution is 0.0767. The number of carbonyl (C=O) groups excluding carboxylic acids is 1. The minimum Gasteiger partial charge on any atom is -0.496 e. The van der Waals surface area contributed by atoms with Gasteiger partial charge in [-0.2, -0.15) is 0 Å². The van der Waals surface area contributed by atoms with Crippen molar-refractivity contribution in [3.05, 3.63) is 29.6 Å². The third kappa shape index (κ3) is 5.10. The summed E-state index contributed by atoms with van der Waals surface area (Å²) in [7, 11) is 4.92. The predicted octanol–water partition coefficient (Wildman–Crippen LogP) is 2.62. The summed E-state index contributed by atoms with van der Waals surface area (Å²) in [6, 6.07) is 4.09. The van der Waals surface area contributed by atoms with Gasteiger partial charge in [0.2, 0.25) is 0 Å². The molecule has 0 spiro atoms. The van der Waals surface area contributed by atoms with Crippen molar-refractivity contribution in [2.24, 2.45) is 0 Å². The Morgan fingerprint density at radius 2 is 1.65 bits per heavy atom. The van der Waals surface area contributed by atoms with Crippen molar-refractivity contribution in [1.82, 2.24) is 24.8 Å². The van der Waals surface area contributed by atoms with Gasteiger partial charge in [-0.1, -0.05) is 5.21 Å². The van der Waals surface area contributed by atoms with Crippen molar-refractivity contribution in [1.29, 1.82) is 0 Å². The molecule has 1 fully saturated rings. The first-order valence-electron chi connectivity index (χ1n) is 10.8.